The number of hydrogen-bond acceptors (Lipinski definition) is 4. The predicted molar refractivity (Wildman–Crippen MR) is 72.2 cm³/mol. The number of esters is 1. The van der Waals surface area contributed by atoms with Gasteiger partial charge in [0, 0.05) is 22.9 Å². The molecule has 0 aliphatic rings. The lowest BCUT2D eigenvalue weighted by molar-refractivity contribution is -0.151. The summed E-state index contributed by atoms with van der Waals surface area (Å²) in [7, 11) is 1.84. The molecule has 0 aromatic heterocycles. The van der Waals surface area contributed by atoms with Crippen LogP contribution in [0.15, 0.2) is 0 Å². The van der Waals surface area contributed by atoms with Crippen molar-refractivity contribution in [3.63, 3.8) is 0 Å². The van der Waals surface area contributed by atoms with Crippen molar-refractivity contribution in [2.45, 2.75) is 33.2 Å². The molecule has 0 amide bonds. The van der Waals surface area contributed by atoms with Crippen molar-refractivity contribution in [2.24, 2.45) is 11.8 Å². The molecule has 0 aliphatic carbocycles. The van der Waals surface area contributed by atoms with Crippen LogP contribution in [0.1, 0.15) is 27.2 Å². The molecule has 0 aromatic carbocycles. The first-order chi connectivity index (χ1) is 7.43. The third-order valence-corrected chi connectivity index (χ3v) is 3.47. The van der Waals surface area contributed by atoms with Crippen LogP contribution in [0.5, 0.6) is 0 Å². The van der Waals surface area contributed by atoms with Crippen molar-refractivity contribution in [1.29, 1.82) is 0 Å². The van der Waals surface area contributed by atoms with Gasteiger partial charge in [0.15, 0.2) is 0 Å². The minimum absolute atomic E-state index is 0.00874. The predicted octanol–water partition coefficient (Wildman–Crippen LogP) is 1.85. The van der Waals surface area contributed by atoms with Crippen LogP contribution in [0.25, 0.3) is 0 Å². The van der Waals surface area contributed by atoms with Gasteiger partial charge in [0.05, 0.1) is 18.6 Å². The standard InChI is InChI=1S/C11H22INO3/c1-5-10(8(2)3)11(15)16-7-9(6-14)13(4)12/h8-10,14H,5-7H2,1-4H3/t9?,10-/m0/s1. The van der Waals surface area contributed by atoms with Crippen molar-refractivity contribution in [2.75, 3.05) is 20.3 Å². The molecule has 96 valence electrons. The summed E-state index contributed by atoms with van der Waals surface area (Å²) in [4.78, 5) is 11.7. The molecule has 0 fully saturated rings. The molecule has 0 saturated carbocycles. The minimum atomic E-state index is -0.158. The molecule has 0 bridgehead atoms. The number of halogens is 1. The molecule has 0 aliphatic heterocycles. The van der Waals surface area contributed by atoms with Gasteiger partial charge >= 0.3 is 5.97 Å². The van der Waals surface area contributed by atoms with Crippen LogP contribution in [0, 0.1) is 11.8 Å². The van der Waals surface area contributed by atoms with Gasteiger partial charge in [0.2, 0.25) is 0 Å². The Balaban J connectivity index is 4.13. The van der Waals surface area contributed by atoms with Crippen molar-refractivity contribution in [3.05, 3.63) is 0 Å². The van der Waals surface area contributed by atoms with Gasteiger partial charge in [-0.3, -0.25) is 4.79 Å². The molecular weight excluding hydrogens is 321 g/mol. The Morgan fingerprint density at radius 2 is 2.06 bits per heavy atom. The molecule has 0 radical (unpaired) electrons. The van der Waals surface area contributed by atoms with E-state index in [1.54, 1.807) is 0 Å². The van der Waals surface area contributed by atoms with E-state index < -0.39 is 0 Å². The number of ether oxygens (including phenoxy) is 1. The fraction of sp³-hybridized carbons (Fsp3) is 0.909. The monoisotopic (exact) mass is 343 g/mol. The van der Waals surface area contributed by atoms with Crippen LogP contribution in [0.4, 0.5) is 0 Å². The zero-order valence-electron chi connectivity index (χ0n) is 10.4. The number of likely N-dealkylation sites (N-methyl/N-ethyl adjacent to an activating group) is 1. The normalized spacial score (nSPS) is 15.2. The van der Waals surface area contributed by atoms with Crippen molar-refractivity contribution < 1.29 is 14.6 Å². The Bertz CT molecular complexity index is 209. The van der Waals surface area contributed by atoms with Crippen LogP contribution in [0.2, 0.25) is 0 Å². The number of aliphatic hydroxyl groups excluding tert-OH is 1. The Morgan fingerprint density at radius 1 is 1.50 bits per heavy atom. The fourth-order valence-electron chi connectivity index (χ4n) is 1.46. The second-order valence-electron chi connectivity index (χ2n) is 4.25. The first-order valence-electron chi connectivity index (χ1n) is 5.60. The third kappa shape index (κ3) is 5.45. The Morgan fingerprint density at radius 3 is 2.38 bits per heavy atom. The molecule has 16 heavy (non-hydrogen) atoms. The van der Waals surface area contributed by atoms with Gasteiger partial charge in [-0.15, -0.1) is 0 Å². The van der Waals surface area contributed by atoms with Crippen LogP contribution < -0.4 is 0 Å². The fourth-order valence-corrected chi connectivity index (χ4v) is 1.80. The first kappa shape index (κ1) is 16.1. The molecule has 0 saturated heterocycles. The number of carbonyl (C=O) groups excluding carboxylic acids is 1. The summed E-state index contributed by atoms with van der Waals surface area (Å²) in [5, 5.41) is 9.08. The first-order valence-corrected chi connectivity index (χ1v) is 6.56. The van der Waals surface area contributed by atoms with Crippen molar-refractivity contribution >= 4 is 28.8 Å². The van der Waals surface area contributed by atoms with Gasteiger partial charge in [0.25, 0.3) is 0 Å². The Hall–Kier alpha value is 0.120. The molecule has 4 nitrogen and oxygen atoms in total. The van der Waals surface area contributed by atoms with E-state index >= 15 is 0 Å². The van der Waals surface area contributed by atoms with E-state index in [0.29, 0.717) is 5.92 Å². The van der Waals surface area contributed by atoms with Gasteiger partial charge in [-0.1, -0.05) is 20.8 Å². The molecule has 1 N–H and O–H groups in total. The molecule has 5 heteroatoms. The lowest BCUT2D eigenvalue weighted by Crippen LogP contribution is -2.34. The van der Waals surface area contributed by atoms with Crippen LogP contribution in [-0.2, 0) is 9.53 Å². The van der Waals surface area contributed by atoms with Crippen LogP contribution in [-0.4, -0.2) is 40.5 Å². The summed E-state index contributed by atoms with van der Waals surface area (Å²) in [5.41, 5.74) is 0. The quantitative estimate of drug-likeness (QED) is 0.436. The van der Waals surface area contributed by atoms with Crippen LogP contribution >= 0.6 is 22.9 Å². The minimum Gasteiger partial charge on any atom is -0.464 e. The van der Waals surface area contributed by atoms with E-state index in [0.717, 1.165) is 6.42 Å². The van der Waals surface area contributed by atoms with Gasteiger partial charge < -0.3 is 9.84 Å². The number of carbonyl (C=O) groups is 1. The highest BCUT2D eigenvalue weighted by atomic mass is 127. The topological polar surface area (TPSA) is 49.8 Å². The lowest BCUT2D eigenvalue weighted by atomic mass is 9.93. The second kappa shape index (κ2) is 8.25. The van der Waals surface area contributed by atoms with E-state index in [2.05, 4.69) is 22.9 Å². The summed E-state index contributed by atoms with van der Waals surface area (Å²) in [6, 6.07) is -0.130. The molecule has 0 aromatic rings. The van der Waals surface area contributed by atoms with Crippen molar-refractivity contribution in [1.82, 2.24) is 3.11 Å². The van der Waals surface area contributed by atoms with Crippen LogP contribution in [0.3, 0.4) is 0 Å². The number of aliphatic hydroxyl groups is 1. The highest BCUT2D eigenvalue weighted by Crippen LogP contribution is 2.17. The van der Waals surface area contributed by atoms with Gasteiger partial charge in [0.1, 0.15) is 6.61 Å². The highest BCUT2D eigenvalue weighted by molar-refractivity contribution is 14.1. The smallest absolute Gasteiger partial charge is 0.309 e. The molecule has 0 rings (SSSR count). The SMILES string of the molecule is CC[C@H](C(=O)OCC(CO)N(C)I)C(C)C. The summed E-state index contributed by atoms with van der Waals surface area (Å²) < 4.78 is 7.05. The Kier molecular flexibility index (Phi) is 8.31. The summed E-state index contributed by atoms with van der Waals surface area (Å²) in [6.45, 7) is 6.26. The lowest BCUT2D eigenvalue weighted by Gasteiger charge is -2.22. The average molecular weight is 343 g/mol. The summed E-state index contributed by atoms with van der Waals surface area (Å²) >= 11 is 2.07. The molecular formula is C11H22INO3. The molecule has 1 unspecified atom stereocenters. The van der Waals surface area contributed by atoms with Gasteiger partial charge in [-0.05, 0) is 19.4 Å². The van der Waals surface area contributed by atoms with E-state index in [9.17, 15) is 4.79 Å². The zero-order valence-corrected chi connectivity index (χ0v) is 12.6. The number of nitrogens with zero attached hydrogens (tertiary/aromatic N) is 1. The van der Waals surface area contributed by atoms with Gasteiger partial charge in [-0.2, -0.15) is 0 Å². The maximum atomic E-state index is 11.7. The zero-order chi connectivity index (χ0) is 12.7. The van der Waals surface area contributed by atoms with E-state index in [4.69, 9.17) is 9.84 Å². The van der Waals surface area contributed by atoms with Crippen molar-refractivity contribution in [3.8, 4) is 0 Å². The molecule has 0 heterocycles. The maximum Gasteiger partial charge on any atom is 0.309 e. The molecule has 0 spiro atoms. The maximum absolute atomic E-state index is 11.7. The van der Waals surface area contributed by atoms with E-state index in [-0.39, 0.29) is 31.1 Å². The molecule has 2 atom stereocenters. The summed E-state index contributed by atoms with van der Waals surface area (Å²) in [6.07, 6.45) is 0.792. The largest absolute Gasteiger partial charge is 0.464 e. The van der Waals surface area contributed by atoms with E-state index in [1.807, 2.05) is 30.9 Å². The Labute approximate surface area is 112 Å². The average Bonchev–Trinajstić information content (AvgIpc) is 2.18. The van der Waals surface area contributed by atoms with E-state index in [1.165, 1.54) is 0 Å². The second-order valence-corrected chi connectivity index (χ2v) is 5.77. The summed E-state index contributed by atoms with van der Waals surface area (Å²) in [5.74, 6) is 0.0930. The third-order valence-electron chi connectivity index (χ3n) is 2.68. The number of hydrogen-bond donors (Lipinski definition) is 1. The van der Waals surface area contributed by atoms with Gasteiger partial charge in [-0.25, -0.2) is 3.11 Å². The number of rotatable bonds is 7. The highest BCUT2D eigenvalue weighted by Gasteiger charge is 2.23.